The number of hydrogen-bond donors (Lipinski definition) is 1. The van der Waals surface area contributed by atoms with E-state index in [4.69, 9.17) is 5.73 Å². The van der Waals surface area contributed by atoms with Gasteiger partial charge < -0.3 is 5.73 Å². The van der Waals surface area contributed by atoms with Crippen LogP contribution in [0.4, 0.5) is 0 Å². The van der Waals surface area contributed by atoms with E-state index in [2.05, 4.69) is 18.7 Å². The van der Waals surface area contributed by atoms with Gasteiger partial charge in [-0.25, -0.2) is 0 Å². The summed E-state index contributed by atoms with van der Waals surface area (Å²) in [6.45, 7) is 6.99. The quantitative estimate of drug-likeness (QED) is 0.816. The minimum absolute atomic E-state index is 0.401. The van der Waals surface area contributed by atoms with Gasteiger partial charge in [0.1, 0.15) is 0 Å². The van der Waals surface area contributed by atoms with Crippen molar-refractivity contribution in [2.45, 2.75) is 64.0 Å². The Balaban J connectivity index is 1.80. The molecule has 5 unspecified atom stereocenters. The van der Waals surface area contributed by atoms with Gasteiger partial charge in [0.15, 0.2) is 0 Å². The molecular formula is C15H28N2. The van der Waals surface area contributed by atoms with E-state index < -0.39 is 0 Å². The number of rotatable bonds is 3. The maximum absolute atomic E-state index is 6.22. The van der Waals surface area contributed by atoms with Gasteiger partial charge in [-0.15, -0.1) is 0 Å². The number of nitrogens with zero attached hydrogens (tertiary/aromatic N) is 1. The monoisotopic (exact) mass is 236 g/mol. The molecule has 2 aliphatic carbocycles. The summed E-state index contributed by atoms with van der Waals surface area (Å²) in [6, 6.07) is 0.765. The first-order chi connectivity index (χ1) is 8.21. The SMILES string of the molecule is CCC1CCC(C)N(C2(CN)CCC3CC32)C1. The second-order valence-corrected chi connectivity index (χ2v) is 6.80. The molecule has 0 aromatic heterocycles. The fourth-order valence-corrected chi connectivity index (χ4v) is 4.71. The van der Waals surface area contributed by atoms with Crippen LogP contribution < -0.4 is 5.73 Å². The molecule has 2 heteroatoms. The summed E-state index contributed by atoms with van der Waals surface area (Å²) in [5.74, 6) is 2.91. The zero-order valence-electron chi connectivity index (χ0n) is 11.5. The molecule has 98 valence electrons. The van der Waals surface area contributed by atoms with Crippen LogP contribution in [0.1, 0.15) is 52.4 Å². The fourth-order valence-electron chi connectivity index (χ4n) is 4.71. The van der Waals surface area contributed by atoms with Gasteiger partial charge >= 0.3 is 0 Å². The summed E-state index contributed by atoms with van der Waals surface area (Å²) in [6.07, 6.45) is 8.46. The van der Waals surface area contributed by atoms with Gasteiger partial charge in [0.2, 0.25) is 0 Å². The van der Waals surface area contributed by atoms with Crippen LogP contribution in [0.3, 0.4) is 0 Å². The highest BCUT2D eigenvalue weighted by Gasteiger charge is 2.60. The predicted molar refractivity (Wildman–Crippen MR) is 71.8 cm³/mol. The van der Waals surface area contributed by atoms with Gasteiger partial charge in [0.05, 0.1) is 0 Å². The van der Waals surface area contributed by atoms with E-state index in [1.54, 1.807) is 0 Å². The van der Waals surface area contributed by atoms with Crippen molar-refractivity contribution in [1.82, 2.24) is 4.90 Å². The molecule has 3 aliphatic rings. The second-order valence-electron chi connectivity index (χ2n) is 6.80. The summed E-state index contributed by atoms with van der Waals surface area (Å²) in [5, 5.41) is 0. The molecule has 5 atom stereocenters. The number of piperidine rings is 1. The maximum atomic E-state index is 6.22. The molecule has 0 amide bonds. The molecule has 3 fully saturated rings. The Bertz CT molecular complexity index is 291. The smallest absolute Gasteiger partial charge is 0.0365 e. The highest BCUT2D eigenvalue weighted by molar-refractivity contribution is 5.14. The highest BCUT2D eigenvalue weighted by Crippen LogP contribution is 2.60. The molecule has 0 spiro atoms. The standard InChI is InChI=1S/C15H28N2/c1-3-12-5-4-11(2)17(9-12)15(10-16)7-6-13-8-14(13)15/h11-14H,3-10,16H2,1-2H3. The molecule has 17 heavy (non-hydrogen) atoms. The van der Waals surface area contributed by atoms with E-state index >= 15 is 0 Å². The number of hydrogen-bond acceptors (Lipinski definition) is 2. The molecule has 2 saturated carbocycles. The molecule has 1 saturated heterocycles. The van der Waals surface area contributed by atoms with Crippen molar-refractivity contribution in [3.8, 4) is 0 Å². The van der Waals surface area contributed by atoms with Crippen LogP contribution >= 0.6 is 0 Å². The molecular weight excluding hydrogens is 208 g/mol. The van der Waals surface area contributed by atoms with Crippen molar-refractivity contribution in [3.05, 3.63) is 0 Å². The third kappa shape index (κ3) is 1.76. The first-order valence-corrected chi connectivity index (χ1v) is 7.68. The van der Waals surface area contributed by atoms with E-state index in [0.29, 0.717) is 5.54 Å². The molecule has 0 bridgehead atoms. The molecule has 0 aromatic carbocycles. The second kappa shape index (κ2) is 4.24. The third-order valence-corrected chi connectivity index (χ3v) is 6.04. The molecule has 0 aromatic rings. The van der Waals surface area contributed by atoms with Crippen molar-refractivity contribution >= 4 is 0 Å². The molecule has 0 radical (unpaired) electrons. The Morgan fingerprint density at radius 1 is 1.29 bits per heavy atom. The maximum Gasteiger partial charge on any atom is 0.0365 e. The Labute approximate surface area is 106 Å². The minimum Gasteiger partial charge on any atom is -0.329 e. The zero-order chi connectivity index (χ0) is 12.0. The average molecular weight is 236 g/mol. The van der Waals surface area contributed by atoms with Crippen molar-refractivity contribution < 1.29 is 0 Å². The van der Waals surface area contributed by atoms with Gasteiger partial charge in [0.25, 0.3) is 0 Å². The van der Waals surface area contributed by atoms with Crippen molar-refractivity contribution in [3.63, 3.8) is 0 Å². The van der Waals surface area contributed by atoms with Crippen molar-refractivity contribution in [2.75, 3.05) is 13.1 Å². The average Bonchev–Trinajstić information content (AvgIpc) is 3.06. The van der Waals surface area contributed by atoms with E-state index in [0.717, 1.165) is 30.3 Å². The lowest BCUT2D eigenvalue weighted by molar-refractivity contribution is -0.00373. The number of fused-ring (bicyclic) bond motifs is 1. The van der Waals surface area contributed by atoms with Crippen molar-refractivity contribution in [2.24, 2.45) is 23.5 Å². The Hall–Kier alpha value is -0.0800. The summed E-state index contributed by atoms with van der Waals surface area (Å²) in [5.41, 5.74) is 6.62. The molecule has 2 nitrogen and oxygen atoms in total. The summed E-state index contributed by atoms with van der Waals surface area (Å²) in [7, 11) is 0. The van der Waals surface area contributed by atoms with Crippen LogP contribution in [0, 0.1) is 17.8 Å². The third-order valence-electron chi connectivity index (χ3n) is 6.04. The van der Waals surface area contributed by atoms with Crippen LogP contribution in [0.15, 0.2) is 0 Å². The highest BCUT2D eigenvalue weighted by atomic mass is 15.3. The minimum atomic E-state index is 0.401. The van der Waals surface area contributed by atoms with Gasteiger partial charge in [-0.2, -0.15) is 0 Å². The summed E-state index contributed by atoms with van der Waals surface area (Å²) >= 11 is 0. The van der Waals surface area contributed by atoms with Crippen LogP contribution in [-0.4, -0.2) is 29.6 Å². The normalized spacial score (nSPS) is 50.3. The van der Waals surface area contributed by atoms with Crippen LogP contribution in [0.5, 0.6) is 0 Å². The lowest BCUT2D eigenvalue weighted by Crippen LogP contribution is -2.60. The Kier molecular flexibility index (Phi) is 2.99. The molecule has 3 rings (SSSR count). The van der Waals surface area contributed by atoms with Gasteiger partial charge in [-0.05, 0) is 56.8 Å². The largest absolute Gasteiger partial charge is 0.329 e. The number of nitrogens with two attached hydrogens (primary N) is 1. The van der Waals surface area contributed by atoms with Crippen LogP contribution in [-0.2, 0) is 0 Å². The summed E-state index contributed by atoms with van der Waals surface area (Å²) < 4.78 is 0. The van der Waals surface area contributed by atoms with E-state index in [-0.39, 0.29) is 0 Å². The van der Waals surface area contributed by atoms with Gasteiger partial charge in [-0.3, -0.25) is 4.90 Å². The molecule has 2 N–H and O–H groups in total. The predicted octanol–water partition coefficient (Wildman–Crippen LogP) is 2.62. The topological polar surface area (TPSA) is 29.3 Å². The molecule has 1 heterocycles. The van der Waals surface area contributed by atoms with E-state index in [9.17, 15) is 0 Å². The van der Waals surface area contributed by atoms with Crippen molar-refractivity contribution in [1.29, 1.82) is 0 Å². The molecule has 1 aliphatic heterocycles. The summed E-state index contributed by atoms with van der Waals surface area (Å²) in [4.78, 5) is 2.84. The lowest BCUT2D eigenvalue weighted by atomic mass is 9.83. The van der Waals surface area contributed by atoms with Crippen LogP contribution in [0.25, 0.3) is 0 Å². The van der Waals surface area contributed by atoms with E-state index in [1.807, 2.05) is 0 Å². The van der Waals surface area contributed by atoms with Crippen LogP contribution in [0.2, 0.25) is 0 Å². The zero-order valence-corrected chi connectivity index (χ0v) is 11.5. The van der Waals surface area contributed by atoms with Gasteiger partial charge in [-0.1, -0.05) is 13.3 Å². The Morgan fingerprint density at radius 3 is 2.65 bits per heavy atom. The first-order valence-electron chi connectivity index (χ1n) is 7.68. The van der Waals surface area contributed by atoms with E-state index in [1.165, 1.54) is 45.1 Å². The lowest BCUT2D eigenvalue weighted by Gasteiger charge is -2.50. The fraction of sp³-hybridized carbons (Fsp3) is 1.00. The number of likely N-dealkylation sites (tertiary alicyclic amines) is 1. The van der Waals surface area contributed by atoms with Gasteiger partial charge in [0, 0.05) is 24.7 Å². The first kappa shape index (κ1) is 12.0. The Morgan fingerprint density at radius 2 is 2.12 bits per heavy atom.